The SMILES string of the molecule is COc1cccc(OC)c1C(=O)O[C@@H](C(=O)N(C)C)c1ccccc1. The van der Waals surface area contributed by atoms with Gasteiger partial charge in [0, 0.05) is 19.7 Å². The lowest BCUT2D eigenvalue weighted by atomic mass is 10.1. The normalized spacial score (nSPS) is 11.4. The lowest BCUT2D eigenvalue weighted by Gasteiger charge is -2.22. The highest BCUT2D eigenvalue weighted by Crippen LogP contribution is 2.31. The Morgan fingerprint density at radius 1 is 0.880 bits per heavy atom. The molecule has 0 aliphatic heterocycles. The smallest absolute Gasteiger partial charge is 0.346 e. The monoisotopic (exact) mass is 343 g/mol. The van der Waals surface area contributed by atoms with Crippen molar-refractivity contribution in [3.05, 3.63) is 59.7 Å². The quantitative estimate of drug-likeness (QED) is 0.755. The molecule has 0 aliphatic carbocycles. The van der Waals surface area contributed by atoms with Crippen LogP contribution >= 0.6 is 0 Å². The summed E-state index contributed by atoms with van der Waals surface area (Å²) >= 11 is 0. The number of carbonyl (C=O) groups is 2. The van der Waals surface area contributed by atoms with Crippen LogP contribution in [0, 0.1) is 0 Å². The Morgan fingerprint density at radius 3 is 1.92 bits per heavy atom. The van der Waals surface area contributed by atoms with Gasteiger partial charge in [-0.15, -0.1) is 0 Å². The van der Waals surface area contributed by atoms with E-state index in [0.717, 1.165) is 0 Å². The highest BCUT2D eigenvalue weighted by molar-refractivity contribution is 5.97. The van der Waals surface area contributed by atoms with Crippen molar-refractivity contribution in [3.63, 3.8) is 0 Å². The largest absolute Gasteiger partial charge is 0.496 e. The number of amides is 1. The Labute approximate surface area is 146 Å². The maximum atomic E-state index is 12.8. The first-order valence-electron chi connectivity index (χ1n) is 7.67. The topological polar surface area (TPSA) is 65.1 Å². The molecule has 0 spiro atoms. The molecule has 132 valence electrons. The predicted molar refractivity (Wildman–Crippen MR) is 92.8 cm³/mol. The fraction of sp³-hybridized carbons (Fsp3) is 0.263. The van der Waals surface area contributed by atoms with Gasteiger partial charge in [-0.1, -0.05) is 36.4 Å². The van der Waals surface area contributed by atoms with Crippen LogP contribution in [0.15, 0.2) is 48.5 Å². The molecule has 0 fully saturated rings. The zero-order valence-corrected chi connectivity index (χ0v) is 14.7. The zero-order chi connectivity index (χ0) is 18.4. The van der Waals surface area contributed by atoms with Crippen LogP contribution in [-0.2, 0) is 9.53 Å². The van der Waals surface area contributed by atoms with Gasteiger partial charge in [0.25, 0.3) is 5.91 Å². The molecule has 0 saturated heterocycles. The predicted octanol–water partition coefficient (Wildman–Crippen LogP) is 2.69. The van der Waals surface area contributed by atoms with Gasteiger partial charge in [0.15, 0.2) is 0 Å². The molecule has 0 N–H and O–H groups in total. The third-order valence-electron chi connectivity index (χ3n) is 3.62. The Balaban J connectivity index is 2.40. The van der Waals surface area contributed by atoms with Gasteiger partial charge in [0.1, 0.15) is 17.1 Å². The summed E-state index contributed by atoms with van der Waals surface area (Å²) in [5, 5.41) is 0. The number of methoxy groups -OCH3 is 2. The number of hydrogen-bond acceptors (Lipinski definition) is 5. The summed E-state index contributed by atoms with van der Waals surface area (Å²) in [6.45, 7) is 0. The highest BCUT2D eigenvalue weighted by Gasteiger charge is 2.29. The number of hydrogen-bond donors (Lipinski definition) is 0. The van der Waals surface area contributed by atoms with Crippen LogP contribution < -0.4 is 9.47 Å². The lowest BCUT2D eigenvalue weighted by Crippen LogP contribution is -2.31. The van der Waals surface area contributed by atoms with Crippen molar-refractivity contribution in [1.29, 1.82) is 0 Å². The second-order valence-electron chi connectivity index (χ2n) is 5.47. The molecular weight excluding hydrogens is 322 g/mol. The third kappa shape index (κ3) is 4.09. The summed E-state index contributed by atoms with van der Waals surface area (Å²) in [6.07, 6.45) is -1.06. The van der Waals surface area contributed by atoms with Crippen LogP contribution in [0.25, 0.3) is 0 Å². The Morgan fingerprint density at radius 2 is 1.44 bits per heavy atom. The number of esters is 1. The fourth-order valence-corrected chi connectivity index (χ4v) is 2.34. The van der Waals surface area contributed by atoms with Gasteiger partial charge >= 0.3 is 5.97 Å². The molecule has 6 nitrogen and oxygen atoms in total. The van der Waals surface area contributed by atoms with E-state index in [2.05, 4.69) is 0 Å². The van der Waals surface area contributed by atoms with Gasteiger partial charge in [-0.05, 0) is 12.1 Å². The van der Waals surface area contributed by atoms with Gasteiger partial charge < -0.3 is 19.1 Å². The molecule has 0 bridgehead atoms. The molecule has 1 amide bonds. The molecular formula is C19H21NO5. The minimum atomic E-state index is -1.06. The zero-order valence-electron chi connectivity index (χ0n) is 14.7. The van der Waals surface area contributed by atoms with E-state index < -0.39 is 12.1 Å². The first kappa shape index (κ1) is 18.3. The van der Waals surface area contributed by atoms with Gasteiger partial charge in [-0.25, -0.2) is 4.79 Å². The van der Waals surface area contributed by atoms with Gasteiger partial charge in [0.05, 0.1) is 14.2 Å². The van der Waals surface area contributed by atoms with Crippen LogP contribution in [0.4, 0.5) is 0 Å². The van der Waals surface area contributed by atoms with E-state index in [1.807, 2.05) is 6.07 Å². The Hall–Kier alpha value is -3.02. The average Bonchev–Trinajstić information content (AvgIpc) is 2.65. The number of rotatable bonds is 6. The van der Waals surface area contributed by atoms with Crippen LogP contribution in [0.1, 0.15) is 22.0 Å². The molecule has 2 aromatic rings. The maximum Gasteiger partial charge on any atom is 0.346 e. The van der Waals surface area contributed by atoms with E-state index in [1.54, 1.807) is 56.6 Å². The summed E-state index contributed by atoms with van der Waals surface area (Å²) in [5.41, 5.74) is 0.725. The van der Waals surface area contributed by atoms with Crippen molar-refractivity contribution < 1.29 is 23.8 Å². The van der Waals surface area contributed by atoms with Crippen molar-refractivity contribution in [1.82, 2.24) is 4.90 Å². The molecule has 2 rings (SSSR count). The molecule has 0 heterocycles. The van der Waals surface area contributed by atoms with Gasteiger partial charge in [0.2, 0.25) is 6.10 Å². The Kier molecular flexibility index (Phi) is 6.00. The van der Waals surface area contributed by atoms with Crippen molar-refractivity contribution in [2.45, 2.75) is 6.10 Å². The van der Waals surface area contributed by atoms with Gasteiger partial charge in [-0.3, -0.25) is 4.79 Å². The van der Waals surface area contributed by atoms with Gasteiger partial charge in [-0.2, -0.15) is 0 Å². The molecule has 0 unspecified atom stereocenters. The number of ether oxygens (including phenoxy) is 3. The fourth-order valence-electron chi connectivity index (χ4n) is 2.34. The van der Waals surface area contributed by atoms with Crippen LogP contribution in [0.3, 0.4) is 0 Å². The molecule has 0 aromatic heterocycles. The molecule has 6 heteroatoms. The summed E-state index contributed by atoms with van der Waals surface area (Å²) in [7, 11) is 6.11. The standard InChI is InChI=1S/C19H21NO5/c1-20(2)18(21)17(13-9-6-5-7-10-13)25-19(22)16-14(23-3)11-8-12-15(16)24-4/h5-12,17H,1-4H3/t17-/m1/s1. The maximum absolute atomic E-state index is 12.8. The summed E-state index contributed by atoms with van der Waals surface area (Å²) in [5.74, 6) is -0.409. The molecule has 0 radical (unpaired) electrons. The van der Waals surface area contributed by atoms with E-state index >= 15 is 0 Å². The molecule has 0 saturated carbocycles. The summed E-state index contributed by atoms with van der Waals surface area (Å²) in [4.78, 5) is 26.6. The minimum Gasteiger partial charge on any atom is -0.496 e. The molecule has 2 aromatic carbocycles. The third-order valence-corrected chi connectivity index (χ3v) is 3.62. The minimum absolute atomic E-state index is 0.139. The first-order chi connectivity index (χ1) is 12.0. The van der Waals surface area contributed by atoms with Crippen molar-refractivity contribution in [3.8, 4) is 11.5 Å². The first-order valence-corrected chi connectivity index (χ1v) is 7.67. The van der Waals surface area contributed by atoms with Crippen molar-refractivity contribution >= 4 is 11.9 Å². The lowest BCUT2D eigenvalue weighted by molar-refractivity contribution is -0.138. The Bertz CT molecular complexity index is 720. The van der Waals surface area contributed by atoms with E-state index in [4.69, 9.17) is 14.2 Å². The second-order valence-corrected chi connectivity index (χ2v) is 5.47. The molecule has 0 aliphatic rings. The van der Waals surface area contributed by atoms with Crippen LogP contribution in [-0.4, -0.2) is 45.1 Å². The number of nitrogens with zero attached hydrogens (tertiary/aromatic N) is 1. The van der Waals surface area contributed by atoms with Crippen LogP contribution in [0.5, 0.6) is 11.5 Å². The highest BCUT2D eigenvalue weighted by atomic mass is 16.6. The number of carbonyl (C=O) groups excluding carboxylic acids is 2. The molecule has 1 atom stereocenters. The second kappa shape index (κ2) is 8.19. The van der Waals surface area contributed by atoms with E-state index in [9.17, 15) is 9.59 Å². The summed E-state index contributed by atoms with van der Waals surface area (Å²) < 4.78 is 16.0. The van der Waals surface area contributed by atoms with E-state index in [1.165, 1.54) is 19.1 Å². The van der Waals surface area contributed by atoms with E-state index in [-0.39, 0.29) is 11.5 Å². The summed E-state index contributed by atoms with van der Waals surface area (Å²) in [6, 6.07) is 13.8. The van der Waals surface area contributed by atoms with Crippen molar-refractivity contribution in [2.75, 3.05) is 28.3 Å². The molecule has 25 heavy (non-hydrogen) atoms. The number of benzene rings is 2. The number of likely N-dealkylation sites (N-methyl/N-ethyl adjacent to an activating group) is 1. The van der Waals surface area contributed by atoms with E-state index in [0.29, 0.717) is 17.1 Å². The average molecular weight is 343 g/mol. The van der Waals surface area contributed by atoms with Crippen LogP contribution in [0.2, 0.25) is 0 Å². The van der Waals surface area contributed by atoms with Crippen molar-refractivity contribution in [2.24, 2.45) is 0 Å².